The number of rotatable bonds is 9. The number of para-hydroxylation sites is 1. The van der Waals surface area contributed by atoms with Crippen molar-refractivity contribution in [2.24, 2.45) is 11.7 Å². The van der Waals surface area contributed by atoms with Gasteiger partial charge in [0.25, 0.3) is 0 Å². The van der Waals surface area contributed by atoms with E-state index in [0.29, 0.717) is 24.1 Å². The fraction of sp³-hybridized carbons (Fsp3) is 0.429. The lowest BCUT2D eigenvalue weighted by Crippen LogP contribution is -2.56. The number of likely N-dealkylation sites (tertiary alicyclic amines) is 1. The first kappa shape index (κ1) is 27.3. The second-order valence-electron chi connectivity index (χ2n) is 10.6. The summed E-state index contributed by atoms with van der Waals surface area (Å²) in [7, 11) is 1.55. The second kappa shape index (κ2) is 10.9. The van der Waals surface area contributed by atoms with E-state index in [-0.39, 0.29) is 42.9 Å². The molecule has 1 saturated heterocycles. The van der Waals surface area contributed by atoms with Gasteiger partial charge in [0.15, 0.2) is 0 Å². The Morgan fingerprint density at radius 1 is 1.24 bits per heavy atom. The normalized spacial score (nSPS) is 21.7. The second-order valence-corrected chi connectivity index (χ2v) is 10.6. The minimum absolute atomic E-state index is 0.0667. The zero-order chi connectivity index (χ0) is 27.6. The smallest absolute Gasteiger partial charge is 0.247 e. The number of nitrogens with zero attached hydrogens (tertiary/aromatic N) is 2. The van der Waals surface area contributed by atoms with Gasteiger partial charge >= 0.3 is 0 Å². The van der Waals surface area contributed by atoms with Crippen LogP contribution < -0.4 is 16.4 Å². The Kier molecular flexibility index (Phi) is 7.82. The molecule has 0 aliphatic carbocycles. The van der Waals surface area contributed by atoms with Crippen molar-refractivity contribution in [1.29, 1.82) is 0 Å². The van der Waals surface area contributed by atoms with E-state index in [2.05, 4.69) is 10.6 Å². The van der Waals surface area contributed by atoms with E-state index in [1.54, 1.807) is 19.2 Å². The number of fused-ring (bicyclic) bond motifs is 2. The summed E-state index contributed by atoms with van der Waals surface area (Å²) in [5.74, 6) is -1.33. The van der Waals surface area contributed by atoms with Crippen LogP contribution in [0.15, 0.2) is 48.5 Å². The third-order valence-corrected chi connectivity index (χ3v) is 7.51. The molecular formula is C28H34FN5O4. The van der Waals surface area contributed by atoms with Crippen LogP contribution in [0.2, 0.25) is 0 Å². The molecule has 4 amide bonds. The third kappa shape index (κ3) is 5.13. The van der Waals surface area contributed by atoms with Crippen molar-refractivity contribution in [1.82, 2.24) is 15.1 Å². The molecule has 38 heavy (non-hydrogen) atoms. The van der Waals surface area contributed by atoms with E-state index in [1.165, 1.54) is 21.9 Å². The Balaban J connectivity index is 1.59. The Bertz CT molecular complexity index is 1220. The van der Waals surface area contributed by atoms with Gasteiger partial charge in [0.2, 0.25) is 24.1 Å². The average molecular weight is 524 g/mol. The summed E-state index contributed by atoms with van der Waals surface area (Å²) in [6, 6.07) is 11.3. The first-order valence-electron chi connectivity index (χ1n) is 12.7. The fourth-order valence-corrected chi connectivity index (χ4v) is 5.54. The lowest BCUT2D eigenvalue weighted by Gasteiger charge is -2.35. The number of carbonyl (C=O) groups excluding carboxylic acids is 4. The first-order valence-corrected chi connectivity index (χ1v) is 12.7. The van der Waals surface area contributed by atoms with E-state index >= 15 is 0 Å². The predicted molar refractivity (Wildman–Crippen MR) is 140 cm³/mol. The summed E-state index contributed by atoms with van der Waals surface area (Å²) in [6.45, 7) is 3.97. The molecule has 0 radical (unpaired) electrons. The number of anilines is 1. The van der Waals surface area contributed by atoms with Crippen LogP contribution in [0, 0.1) is 11.7 Å². The largest absolute Gasteiger partial charge is 0.338 e. The minimum Gasteiger partial charge on any atom is -0.338 e. The molecule has 2 aromatic rings. The van der Waals surface area contributed by atoms with Gasteiger partial charge in [-0.3, -0.25) is 19.2 Å². The van der Waals surface area contributed by atoms with Crippen LogP contribution >= 0.6 is 0 Å². The van der Waals surface area contributed by atoms with Crippen LogP contribution in [0.1, 0.15) is 37.8 Å². The molecule has 2 aliphatic rings. The standard InChI is InChI=1S/C28H34FN5O4/c1-17(2)12-23(33(3)25(36)21(30)13-18-8-10-19(29)11-9-18)26(37)34-15-28(14-24(34)31-16-35)20-6-4-5-7-22(20)32-27(28)38/h4-11,16-17,21,23-24H,12-15,30H2,1-3H3,(H,31,35)(H,32,38)/t21-,23-,24-,28-/m0/s1. The van der Waals surface area contributed by atoms with Crippen LogP contribution in [-0.2, 0) is 31.0 Å². The highest BCUT2D eigenvalue weighted by atomic mass is 19.1. The predicted octanol–water partition coefficient (Wildman–Crippen LogP) is 1.76. The topological polar surface area (TPSA) is 125 Å². The Morgan fingerprint density at radius 2 is 1.92 bits per heavy atom. The van der Waals surface area contributed by atoms with E-state index in [4.69, 9.17) is 5.73 Å². The quantitative estimate of drug-likeness (QED) is 0.432. The van der Waals surface area contributed by atoms with Gasteiger partial charge in [0.05, 0.1) is 11.5 Å². The first-order chi connectivity index (χ1) is 18.1. The zero-order valence-electron chi connectivity index (χ0n) is 21.8. The molecule has 9 nitrogen and oxygen atoms in total. The van der Waals surface area contributed by atoms with Gasteiger partial charge in [-0.2, -0.15) is 0 Å². The highest BCUT2D eigenvalue weighted by molar-refractivity contribution is 6.07. The lowest BCUT2D eigenvalue weighted by molar-refractivity contribution is -0.147. The molecule has 2 aliphatic heterocycles. The summed E-state index contributed by atoms with van der Waals surface area (Å²) >= 11 is 0. The molecule has 4 N–H and O–H groups in total. The van der Waals surface area contributed by atoms with Crippen LogP contribution in [-0.4, -0.2) is 65.8 Å². The summed E-state index contributed by atoms with van der Waals surface area (Å²) in [6.07, 6.45) is 0.572. The minimum atomic E-state index is -1.00. The van der Waals surface area contributed by atoms with Crippen molar-refractivity contribution in [3.63, 3.8) is 0 Å². The van der Waals surface area contributed by atoms with Gasteiger partial charge in [0.1, 0.15) is 18.0 Å². The molecule has 2 aromatic carbocycles. The van der Waals surface area contributed by atoms with Gasteiger partial charge in [-0.15, -0.1) is 0 Å². The zero-order valence-corrected chi connectivity index (χ0v) is 21.8. The molecule has 0 saturated carbocycles. The number of benzene rings is 2. The molecular weight excluding hydrogens is 489 g/mol. The highest BCUT2D eigenvalue weighted by Gasteiger charge is 2.56. The molecule has 10 heteroatoms. The van der Waals surface area contributed by atoms with Crippen molar-refractivity contribution >= 4 is 29.8 Å². The molecule has 0 bridgehead atoms. The van der Waals surface area contributed by atoms with Gasteiger partial charge < -0.3 is 26.2 Å². The number of hydrogen-bond donors (Lipinski definition) is 3. The summed E-state index contributed by atoms with van der Waals surface area (Å²) in [5, 5.41) is 5.60. The molecule has 1 fully saturated rings. The number of carbonyl (C=O) groups is 4. The molecule has 2 heterocycles. The number of halogens is 1. The van der Waals surface area contributed by atoms with Gasteiger partial charge in [0, 0.05) is 25.7 Å². The van der Waals surface area contributed by atoms with E-state index < -0.39 is 29.6 Å². The third-order valence-electron chi connectivity index (χ3n) is 7.51. The molecule has 4 rings (SSSR count). The Morgan fingerprint density at radius 3 is 2.58 bits per heavy atom. The summed E-state index contributed by atoms with van der Waals surface area (Å²) in [5.41, 5.74) is 7.40. The SMILES string of the molecule is CC(C)C[C@@H](C(=O)N1C[C@]2(C[C@H]1NC=O)C(=O)Nc1ccccc12)N(C)C(=O)[C@@H](N)Cc1ccc(F)cc1. The maximum atomic E-state index is 14.1. The van der Waals surface area contributed by atoms with Crippen molar-refractivity contribution in [2.45, 2.75) is 56.8 Å². The van der Waals surface area contributed by atoms with E-state index in [1.807, 2.05) is 38.1 Å². The van der Waals surface area contributed by atoms with Gasteiger partial charge in [-0.1, -0.05) is 44.2 Å². The van der Waals surface area contributed by atoms with Crippen LogP contribution in [0.25, 0.3) is 0 Å². The van der Waals surface area contributed by atoms with Crippen LogP contribution in [0.3, 0.4) is 0 Å². The number of nitrogens with one attached hydrogen (secondary N) is 2. The van der Waals surface area contributed by atoms with E-state index in [9.17, 15) is 23.6 Å². The summed E-state index contributed by atoms with van der Waals surface area (Å²) < 4.78 is 13.3. The number of likely N-dealkylation sites (N-methyl/N-ethyl adjacent to an activating group) is 1. The number of hydrogen-bond acceptors (Lipinski definition) is 5. The number of nitrogens with two attached hydrogens (primary N) is 1. The van der Waals surface area contributed by atoms with Crippen molar-refractivity contribution in [2.75, 3.05) is 18.9 Å². The molecule has 0 aromatic heterocycles. The van der Waals surface area contributed by atoms with E-state index in [0.717, 1.165) is 5.56 Å². The fourth-order valence-electron chi connectivity index (χ4n) is 5.54. The van der Waals surface area contributed by atoms with Gasteiger partial charge in [-0.25, -0.2) is 4.39 Å². The van der Waals surface area contributed by atoms with Crippen LogP contribution in [0.5, 0.6) is 0 Å². The lowest BCUT2D eigenvalue weighted by atomic mass is 9.80. The number of amides is 4. The van der Waals surface area contributed by atoms with Crippen molar-refractivity contribution < 1.29 is 23.6 Å². The molecule has 202 valence electrons. The maximum Gasteiger partial charge on any atom is 0.247 e. The molecule has 0 unspecified atom stereocenters. The highest BCUT2D eigenvalue weighted by Crippen LogP contribution is 2.46. The average Bonchev–Trinajstić information content (AvgIpc) is 3.40. The summed E-state index contributed by atoms with van der Waals surface area (Å²) in [4.78, 5) is 54.9. The molecule has 1 spiro atoms. The van der Waals surface area contributed by atoms with Crippen molar-refractivity contribution in [3.05, 3.63) is 65.5 Å². The maximum absolute atomic E-state index is 14.1. The monoisotopic (exact) mass is 523 g/mol. The van der Waals surface area contributed by atoms with Crippen molar-refractivity contribution in [3.8, 4) is 0 Å². The van der Waals surface area contributed by atoms with Crippen LogP contribution in [0.4, 0.5) is 10.1 Å². The molecule has 4 atom stereocenters. The Hall–Kier alpha value is -3.79. The van der Waals surface area contributed by atoms with Gasteiger partial charge in [-0.05, 0) is 48.1 Å². The Labute approximate surface area is 221 Å².